The van der Waals surface area contributed by atoms with Gasteiger partial charge in [0.05, 0.1) is 5.25 Å². The molecule has 0 saturated heterocycles. The van der Waals surface area contributed by atoms with Crippen LogP contribution in [-0.2, 0) is 11.2 Å². The Labute approximate surface area is 100.0 Å². The lowest BCUT2D eigenvalue weighted by atomic mass is 10.1. The molecule has 0 aliphatic carbocycles. The summed E-state index contributed by atoms with van der Waals surface area (Å²) < 4.78 is 0. The maximum absolute atomic E-state index is 11.8. The number of nitrogens with one attached hydrogen (secondary N) is 2. The number of carbonyl (C=O) groups excluding carboxylic acids is 1. The average Bonchev–Trinajstić information content (AvgIpc) is 2.73. The van der Waals surface area contributed by atoms with Gasteiger partial charge in [-0.15, -0.1) is 11.8 Å². The van der Waals surface area contributed by atoms with E-state index in [1.54, 1.807) is 11.8 Å². The fourth-order valence-corrected chi connectivity index (χ4v) is 2.97. The molecule has 2 rings (SSSR count). The SMILES string of the molecule is CNCCNC(=O)C1Cc2ccccc2S1. The quantitative estimate of drug-likeness (QED) is 0.768. The summed E-state index contributed by atoms with van der Waals surface area (Å²) >= 11 is 1.67. The Bertz CT molecular complexity index is 356. The van der Waals surface area contributed by atoms with Crippen molar-refractivity contribution in [1.29, 1.82) is 0 Å². The van der Waals surface area contributed by atoms with E-state index in [1.165, 1.54) is 10.5 Å². The molecule has 86 valence electrons. The van der Waals surface area contributed by atoms with Crippen LogP contribution in [0.15, 0.2) is 29.2 Å². The van der Waals surface area contributed by atoms with E-state index < -0.39 is 0 Å². The van der Waals surface area contributed by atoms with Crippen LogP contribution >= 0.6 is 11.8 Å². The summed E-state index contributed by atoms with van der Waals surface area (Å²) in [7, 11) is 1.88. The number of rotatable bonds is 4. The maximum atomic E-state index is 11.8. The van der Waals surface area contributed by atoms with E-state index in [9.17, 15) is 4.79 Å². The fourth-order valence-electron chi connectivity index (χ4n) is 1.75. The number of thioether (sulfide) groups is 1. The van der Waals surface area contributed by atoms with Crippen LogP contribution in [0.5, 0.6) is 0 Å². The molecule has 0 spiro atoms. The molecule has 1 amide bonds. The minimum Gasteiger partial charge on any atom is -0.354 e. The first kappa shape index (κ1) is 11.5. The van der Waals surface area contributed by atoms with Crippen molar-refractivity contribution in [2.45, 2.75) is 16.6 Å². The molecule has 3 nitrogen and oxygen atoms in total. The van der Waals surface area contributed by atoms with Crippen LogP contribution in [0, 0.1) is 0 Å². The van der Waals surface area contributed by atoms with Crippen LogP contribution in [0.2, 0.25) is 0 Å². The third kappa shape index (κ3) is 2.57. The molecule has 1 aromatic carbocycles. The van der Waals surface area contributed by atoms with Gasteiger partial charge in [-0.1, -0.05) is 18.2 Å². The monoisotopic (exact) mass is 236 g/mol. The number of hydrogen-bond donors (Lipinski definition) is 2. The summed E-state index contributed by atoms with van der Waals surface area (Å²) in [6.45, 7) is 1.51. The molecule has 0 aromatic heterocycles. The Morgan fingerprint density at radius 1 is 1.44 bits per heavy atom. The Morgan fingerprint density at radius 3 is 3.00 bits per heavy atom. The van der Waals surface area contributed by atoms with Gasteiger partial charge in [0, 0.05) is 18.0 Å². The lowest BCUT2D eigenvalue weighted by Gasteiger charge is -2.09. The van der Waals surface area contributed by atoms with E-state index in [2.05, 4.69) is 22.8 Å². The molecule has 4 heteroatoms. The van der Waals surface area contributed by atoms with Crippen LogP contribution in [0.25, 0.3) is 0 Å². The van der Waals surface area contributed by atoms with Crippen molar-refractivity contribution in [3.8, 4) is 0 Å². The fraction of sp³-hybridized carbons (Fsp3) is 0.417. The molecular weight excluding hydrogens is 220 g/mol. The number of likely N-dealkylation sites (N-methyl/N-ethyl adjacent to an activating group) is 1. The van der Waals surface area contributed by atoms with E-state index in [-0.39, 0.29) is 11.2 Å². The zero-order valence-corrected chi connectivity index (χ0v) is 10.1. The van der Waals surface area contributed by atoms with Crippen molar-refractivity contribution in [1.82, 2.24) is 10.6 Å². The molecule has 2 N–H and O–H groups in total. The van der Waals surface area contributed by atoms with Crippen LogP contribution in [0.1, 0.15) is 5.56 Å². The van der Waals surface area contributed by atoms with Crippen LogP contribution < -0.4 is 10.6 Å². The predicted molar refractivity (Wildman–Crippen MR) is 66.7 cm³/mol. The van der Waals surface area contributed by atoms with Crippen LogP contribution in [0.4, 0.5) is 0 Å². The highest BCUT2D eigenvalue weighted by atomic mass is 32.2. The maximum Gasteiger partial charge on any atom is 0.233 e. The van der Waals surface area contributed by atoms with Crippen molar-refractivity contribution in [2.24, 2.45) is 0 Å². The standard InChI is InChI=1S/C12H16N2OS/c1-13-6-7-14-12(15)11-8-9-4-2-3-5-10(9)16-11/h2-5,11,13H,6-8H2,1H3,(H,14,15). The van der Waals surface area contributed by atoms with E-state index in [4.69, 9.17) is 0 Å². The van der Waals surface area contributed by atoms with Crippen LogP contribution in [-0.4, -0.2) is 31.3 Å². The van der Waals surface area contributed by atoms with Crippen molar-refractivity contribution in [2.75, 3.05) is 20.1 Å². The Morgan fingerprint density at radius 2 is 2.25 bits per heavy atom. The molecule has 1 aliphatic rings. The van der Waals surface area contributed by atoms with Gasteiger partial charge >= 0.3 is 0 Å². The lowest BCUT2D eigenvalue weighted by molar-refractivity contribution is -0.120. The highest BCUT2D eigenvalue weighted by Crippen LogP contribution is 2.36. The Balaban J connectivity index is 1.88. The summed E-state index contributed by atoms with van der Waals surface area (Å²) in [4.78, 5) is 13.1. The molecule has 1 heterocycles. The summed E-state index contributed by atoms with van der Waals surface area (Å²) in [5.41, 5.74) is 1.29. The number of amides is 1. The number of hydrogen-bond acceptors (Lipinski definition) is 3. The van der Waals surface area contributed by atoms with Crippen molar-refractivity contribution in [3.05, 3.63) is 29.8 Å². The molecule has 1 aliphatic heterocycles. The predicted octanol–water partition coefficient (Wildman–Crippen LogP) is 1.04. The van der Waals surface area contributed by atoms with Gasteiger partial charge in [-0.25, -0.2) is 0 Å². The summed E-state index contributed by atoms with van der Waals surface area (Å²) in [5.74, 6) is 0.149. The zero-order valence-electron chi connectivity index (χ0n) is 9.32. The first-order valence-electron chi connectivity index (χ1n) is 5.48. The minimum absolute atomic E-state index is 0.0502. The van der Waals surface area contributed by atoms with Gasteiger partial charge < -0.3 is 10.6 Å². The van der Waals surface area contributed by atoms with Gasteiger partial charge in [-0.05, 0) is 25.1 Å². The number of carbonyl (C=O) groups is 1. The first-order valence-corrected chi connectivity index (χ1v) is 6.36. The van der Waals surface area contributed by atoms with Gasteiger partial charge in [0.25, 0.3) is 0 Å². The van der Waals surface area contributed by atoms with Gasteiger partial charge in [0.1, 0.15) is 0 Å². The molecule has 1 unspecified atom stereocenters. The van der Waals surface area contributed by atoms with E-state index in [0.717, 1.165) is 13.0 Å². The van der Waals surface area contributed by atoms with E-state index in [0.29, 0.717) is 6.54 Å². The zero-order chi connectivity index (χ0) is 11.4. The van der Waals surface area contributed by atoms with Crippen molar-refractivity contribution >= 4 is 17.7 Å². The summed E-state index contributed by atoms with van der Waals surface area (Å²) in [6.07, 6.45) is 0.853. The highest BCUT2D eigenvalue weighted by molar-refractivity contribution is 8.01. The van der Waals surface area contributed by atoms with Gasteiger partial charge in [0.2, 0.25) is 5.91 Å². The molecule has 1 atom stereocenters. The van der Waals surface area contributed by atoms with Crippen molar-refractivity contribution in [3.63, 3.8) is 0 Å². The number of benzene rings is 1. The molecule has 0 fully saturated rings. The Hall–Kier alpha value is -1.00. The van der Waals surface area contributed by atoms with Gasteiger partial charge in [-0.2, -0.15) is 0 Å². The van der Waals surface area contributed by atoms with Gasteiger partial charge in [0.15, 0.2) is 0 Å². The molecular formula is C12H16N2OS. The minimum atomic E-state index is 0.0502. The second-order valence-corrected chi connectivity index (χ2v) is 5.06. The first-order chi connectivity index (χ1) is 7.81. The Kier molecular flexibility index (Phi) is 3.85. The largest absolute Gasteiger partial charge is 0.354 e. The molecule has 16 heavy (non-hydrogen) atoms. The molecule has 0 saturated carbocycles. The summed E-state index contributed by atoms with van der Waals surface area (Å²) in [6, 6.07) is 8.23. The van der Waals surface area contributed by atoms with Gasteiger partial charge in [-0.3, -0.25) is 4.79 Å². The number of fused-ring (bicyclic) bond motifs is 1. The second kappa shape index (κ2) is 5.37. The smallest absolute Gasteiger partial charge is 0.233 e. The topological polar surface area (TPSA) is 41.1 Å². The average molecular weight is 236 g/mol. The van der Waals surface area contributed by atoms with Crippen molar-refractivity contribution < 1.29 is 4.79 Å². The second-order valence-electron chi connectivity index (χ2n) is 3.81. The normalized spacial score (nSPS) is 18.2. The lowest BCUT2D eigenvalue weighted by Crippen LogP contribution is -2.36. The third-order valence-electron chi connectivity index (χ3n) is 2.61. The molecule has 0 bridgehead atoms. The van der Waals surface area contributed by atoms with E-state index in [1.807, 2.05) is 19.2 Å². The highest BCUT2D eigenvalue weighted by Gasteiger charge is 2.27. The molecule has 0 radical (unpaired) electrons. The van der Waals surface area contributed by atoms with E-state index >= 15 is 0 Å². The summed E-state index contributed by atoms with van der Waals surface area (Å²) in [5, 5.41) is 6.00. The third-order valence-corrected chi connectivity index (χ3v) is 3.93. The molecule has 1 aromatic rings. The van der Waals surface area contributed by atoms with Crippen LogP contribution in [0.3, 0.4) is 0 Å².